The average Bonchev–Trinajstić information content (AvgIpc) is 3.10. The second kappa shape index (κ2) is 6.01. The highest BCUT2D eigenvalue weighted by Crippen LogP contribution is 2.34. The molecule has 1 aromatic carbocycles. The van der Waals surface area contributed by atoms with Crippen molar-refractivity contribution in [1.82, 2.24) is 0 Å². The third-order valence-electron chi connectivity index (χ3n) is 3.95. The summed E-state index contributed by atoms with van der Waals surface area (Å²) in [7, 11) is 3.19. The summed E-state index contributed by atoms with van der Waals surface area (Å²) in [5, 5.41) is 2.98. The molecule has 0 fully saturated rings. The summed E-state index contributed by atoms with van der Waals surface area (Å²) < 4.78 is 10.6. The lowest BCUT2D eigenvalue weighted by atomic mass is 10.1. The third kappa shape index (κ3) is 2.68. The van der Waals surface area contributed by atoms with Gasteiger partial charge in [0.2, 0.25) is 0 Å². The van der Waals surface area contributed by atoms with Crippen LogP contribution in [0.15, 0.2) is 18.2 Å². The fourth-order valence-corrected chi connectivity index (χ4v) is 3.89. The lowest BCUT2D eigenvalue weighted by Gasteiger charge is -2.13. The maximum atomic E-state index is 12.5. The van der Waals surface area contributed by atoms with Crippen molar-refractivity contribution in [2.24, 2.45) is 0 Å². The Hall–Kier alpha value is -2.01. The fourth-order valence-electron chi connectivity index (χ4n) is 2.74. The molecule has 4 nitrogen and oxygen atoms in total. The second-order valence-electron chi connectivity index (χ2n) is 5.39. The molecule has 1 aromatic heterocycles. The Morgan fingerprint density at radius 1 is 1.14 bits per heavy atom. The van der Waals surface area contributed by atoms with Crippen LogP contribution in [0.25, 0.3) is 0 Å². The molecule has 1 heterocycles. The number of benzene rings is 1. The predicted molar refractivity (Wildman–Crippen MR) is 88.6 cm³/mol. The summed E-state index contributed by atoms with van der Waals surface area (Å²) in [6.45, 7) is 1.94. The summed E-state index contributed by atoms with van der Waals surface area (Å²) in [4.78, 5) is 14.6. The monoisotopic (exact) mass is 317 g/mol. The van der Waals surface area contributed by atoms with Crippen LogP contribution in [-0.2, 0) is 12.8 Å². The standard InChI is InChI=1S/C17H19NO3S/c1-10-7-13(20-2)14(21-3)9-12(10)18-17(19)16-8-11-5-4-6-15(11)22-16/h7-9H,4-6H2,1-3H3,(H,18,19). The number of rotatable bonds is 4. The molecule has 3 rings (SSSR count). The number of amides is 1. The number of aryl methyl sites for hydroxylation is 3. The third-order valence-corrected chi connectivity index (χ3v) is 5.19. The van der Waals surface area contributed by atoms with Crippen LogP contribution in [0.3, 0.4) is 0 Å². The summed E-state index contributed by atoms with van der Waals surface area (Å²) in [5.41, 5.74) is 3.02. The van der Waals surface area contributed by atoms with Crippen LogP contribution >= 0.6 is 11.3 Å². The normalized spacial score (nSPS) is 12.9. The van der Waals surface area contributed by atoms with Gasteiger partial charge < -0.3 is 14.8 Å². The van der Waals surface area contributed by atoms with Crippen LogP contribution in [0.2, 0.25) is 0 Å². The van der Waals surface area contributed by atoms with Crippen LogP contribution in [0.5, 0.6) is 11.5 Å². The van der Waals surface area contributed by atoms with E-state index in [4.69, 9.17) is 9.47 Å². The second-order valence-corrected chi connectivity index (χ2v) is 6.53. The quantitative estimate of drug-likeness (QED) is 0.932. The maximum absolute atomic E-state index is 12.5. The Bertz CT molecular complexity index is 699. The molecule has 0 bridgehead atoms. The van der Waals surface area contributed by atoms with Gasteiger partial charge in [-0.1, -0.05) is 0 Å². The van der Waals surface area contributed by atoms with Crippen molar-refractivity contribution in [3.63, 3.8) is 0 Å². The van der Waals surface area contributed by atoms with Crippen molar-refractivity contribution in [2.75, 3.05) is 19.5 Å². The molecule has 1 N–H and O–H groups in total. The lowest BCUT2D eigenvalue weighted by molar-refractivity contribution is 0.103. The molecular formula is C17H19NO3S. The molecule has 116 valence electrons. The van der Waals surface area contributed by atoms with Crippen LogP contribution in [0.4, 0.5) is 5.69 Å². The molecule has 0 spiro atoms. The van der Waals surface area contributed by atoms with Crippen molar-refractivity contribution in [3.05, 3.63) is 39.1 Å². The number of anilines is 1. The molecule has 0 saturated heterocycles. The predicted octanol–water partition coefficient (Wildman–Crippen LogP) is 3.81. The van der Waals surface area contributed by atoms with Gasteiger partial charge in [0.25, 0.3) is 5.91 Å². The van der Waals surface area contributed by atoms with Gasteiger partial charge in [0, 0.05) is 16.6 Å². The number of fused-ring (bicyclic) bond motifs is 1. The molecule has 1 amide bonds. The smallest absolute Gasteiger partial charge is 0.265 e. The van der Waals surface area contributed by atoms with E-state index >= 15 is 0 Å². The Balaban J connectivity index is 1.84. The highest BCUT2D eigenvalue weighted by molar-refractivity contribution is 7.14. The van der Waals surface area contributed by atoms with Crippen molar-refractivity contribution in [3.8, 4) is 11.5 Å². The Morgan fingerprint density at radius 2 is 1.86 bits per heavy atom. The minimum absolute atomic E-state index is 0.0604. The van der Waals surface area contributed by atoms with Gasteiger partial charge in [-0.3, -0.25) is 4.79 Å². The molecule has 22 heavy (non-hydrogen) atoms. The van der Waals surface area contributed by atoms with Gasteiger partial charge in [0.1, 0.15) is 0 Å². The molecule has 0 aliphatic heterocycles. The van der Waals surface area contributed by atoms with E-state index in [1.165, 1.54) is 16.9 Å². The summed E-state index contributed by atoms with van der Waals surface area (Å²) in [5.74, 6) is 1.21. The highest BCUT2D eigenvalue weighted by Gasteiger charge is 2.19. The van der Waals surface area contributed by atoms with Crippen LogP contribution < -0.4 is 14.8 Å². The van der Waals surface area contributed by atoms with Gasteiger partial charge in [0.15, 0.2) is 11.5 Å². The van der Waals surface area contributed by atoms with Gasteiger partial charge in [-0.15, -0.1) is 11.3 Å². The van der Waals surface area contributed by atoms with Crippen molar-refractivity contribution in [2.45, 2.75) is 26.2 Å². The first-order chi connectivity index (χ1) is 10.6. The van der Waals surface area contributed by atoms with E-state index in [0.29, 0.717) is 11.5 Å². The van der Waals surface area contributed by atoms with E-state index in [2.05, 4.69) is 5.32 Å². The van der Waals surface area contributed by atoms with Gasteiger partial charge in [-0.05, 0) is 49.4 Å². The summed E-state index contributed by atoms with van der Waals surface area (Å²) in [6.07, 6.45) is 3.40. The molecular weight excluding hydrogens is 298 g/mol. The van der Waals surface area contributed by atoms with Crippen molar-refractivity contribution < 1.29 is 14.3 Å². The van der Waals surface area contributed by atoms with E-state index in [9.17, 15) is 4.79 Å². The van der Waals surface area contributed by atoms with Crippen molar-refractivity contribution in [1.29, 1.82) is 0 Å². The van der Waals surface area contributed by atoms with Crippen LogP contribution in [0.1, 0.15) is 32.1 Å². The number of hydrogen-bond donors (Lipinski definition) is 1. The highest BCUT2D eigenvalue weighted by atomic mass is 32.1. The minimum atomic E-state index is -0.0604. The molecule has 2 aromatic rings. The van der Waals surface area contributed by atoms with Gasteiger partial charge in [-0.2, -0.15) is 0 Å². The zero-order valence-electron chi connectivity index (χ0n) is 13.0. The van der Waals surface area contributed by atoms with E-state index in [1.54, 1.807) is 31.6 Å². The zero-order valence-corrected chi connectivity index (χ0v) is 13.8. The SMILES string of the molecule is COc1cc(C)c(NC(=O)c2cc3c(s2)CCC3)cc1OC. The first-order valence-electron chi connectivity index (χ1n) is 7.28. The van der Waals surface area contributed by atoms with Crippen LogP contribution in [-0.4, -0.2) is 20.1 Å². The fraction of sp³-hybridized carbons (Fsp3) is 0.353. The first kappa shape index (κ1) is 14.9. The number of nitrogens with one attached hydrogen (secondary N) is 1. The number of ether oxygens (including phenoxy) is 2. The number of carbonyl (C=O) groups is 1. The first-order valence-corrected chi connectivity index (χ1v) is 8.09. The van der Waals surface area contributed by atoms with Crippen LogP contribution in [0, 0.1) is 6.92 Å². The molecule has 0 unspecified atom stereocenters. The number of methoxy groups -OCH3 is 2. The topological polar surface area (TPSA) is 47.6 Å². The molecule has 0 atom stereocenters. The number of carbonyl (C=O) groups excluding carboxylic acids is 1. The van der Waals surface area contributed by atoms with E-state index in [-0.39, 0.29) is 5.91 Å². The van der Waals surface area contributed by atoms with Gasteiger partial charge in [-0.25, -0.2) is 0 Å². The largest absolute Gasteiger partial charge is 0.493 e. The van der Waals surface area contributed by atoms with E-state index in [0.717, 1.165) is 29.0 Å². The maximum Gasteiger partial charge on any atom is 0.265 e. The number of thiophene rings is 1. The molecule has 1 aliphatic rings. The zero-order chi connectivity index (χ0) is 15.7. The molecule has 1 aliphatic carbocycles. The minimum Gasteiger partial charge on any atom is -0.493 e. The molecule has 5 heteroatoms. The van der Waals surface area contributed by atoms with Gasteiger partial charge in [0.05, 0.1) is 19.1 Å². The Kier molecular flexibility index (Phi) is 4.07. The lowest BCUT2D eigenvalue weighted by Crippen LogP contribution is -2.11. The Morgan fingerprint density at radius 3 is 2.55 bits per heavy atom. The summed E-state index contributed by atoms with van der Waals surface area (Å²) >= 11 is 1.60. The van der Waals surface area contributed by atoms with E-state index < -0.39 is 0 Å². The Labute approximate surface area is 134 Å². The summed E-state index contributed by atoms with van der Waals surface area (Å²) in [6, 6.07) is 5.69. The molecule has 0 saturated carbocycles. The van der Waals surface area contributed by atoms with E-state index in [1.807, 2.05) is 19.1 Å². The molecule has 0 radical (unpaired) electrons. The van der Waals surface area contributed by atoms with Gasteiger partial charge >= 0.3 is 0 Å². The number of hydrogen-bond acceptors (Lipinski definition) is 4. The van der Waals surface area contributed by atoms with Crippen molar-refractivity contribution >= 4 is 22.9 Å². The average molecular weight is 317 g/mol.